The largest absolute Gasteiger partial charge is 0.368 e. The van der Waals surface area contributed by atoms with Gasteiger partial charge in [0, 0.05) is 51.0 Å². The lowest BCUT2D eigenvalue weighted by Crippen LogP contribution is -2.47. The fourth-order valence-corrected chi connectivity index (χ4v) is 3.58. The van der Waals surface area contributed by atoms with Gasteiger partial charge in [-0.25, -0.2) is 14.8 Å². The molecule has 0 bridgehead atoms. The highest BCUT2D eigenvalue weighted by molar-refractivity contribution is 6.30. The molecule has 130 valence electrons. The maximum absolute atomic E-state index is 12.2. The van der Waals surface area contributed by atoms with Crippen molar-refractivity contribution in [3.63, 3.8) is 0 Å². The van der Waals surface area contributed by atoms with E-state index in [9.17, 15) is 4.79 Å². The van der Waals surface area contributed by atoms with Gasteiger partial charge in [-0.15, -0.1) is 0 Å². The third-order valence-corrected chi connectivity index (χ3v) is 5.00. The lowest BCUT2D eigenvalue weighted by atomic mass is 10.2. The molecule has 1 aromatic carbocycles. The van der Waals surface area contributed by atoms with Crippen LogP contribution in [0.1, 0.15) is 0 Å². The molecular formula is C17H19ClN6O. The van der Waals surface area contributed by atoms with E-state index < -0.39 is 0 Å². The van der Waals surface area contributed by atoms with Gasteiger partial charge in [0.05, 0.1) is 0 Å². The van der Waals surface area contributed by atoms with E-state index in [0.717, 1.165) is 48.2 Å². The second-order valence-electron chi connectivity index (χ2n) is 6.22. The van der Waals surface area contributed by atoms with Crippen molar-refractivity contribution < 1.29 is 0 Å². The van der Waals surface area contributed by atoms with Crippen molar-refractivity contribution in [2.75, 3.05) is 36.0 Å². The Balaban J connectivity index is 1.62. The van der Waals surface area contributed by atoms with E-state index in [4.69, 9.17) is 11.6 Å². The number of aryl methyl sites for hydroxylation is 2. The Labute approximate surface area is 150 Å². The van der Waals surface area contributed by atoms with Crippen molar-refractivity contribution in [3.8, 4) is 0 Å². The molecule has 3 heterocycles. The molecule has 1 aliphatic heterocycles. The average Bonchev–Trinajstić information content (AvgIpc) is 2.86. The van der Waals surface area contributed by atoms with Gasteiger partial charge in [-0.1, -0.05) is 17.7 Å². The Bertz CT molecular complexity index is 986. The highest BCUT2D eigenvalue weighted by Gasteiger charge is 2.23. The zero-order chi connectivity index (χ0) is 17.6. The normalized spacial score (nSPS) is 15.2. The van der Waals surface area contributed by atoms with Crippen LogP contribution in [0.25, 0.3) is 11.2 Å². The van der Waals surface area contributed by atoms with Crippen molar-refractivity contribution in [2.45, 2.75) is 0 Å². The van der Waals surface area contributed by atoms with E-state index in [1.807, 2.05) is 18.2 Å². The minimum absolute atomic E-state index is 0.0886. The summed E-state index contributed by atoms with van der Waals surface area (Å²) >= 11 is 6.10. The summed E-state index contributed by atoms with van der Waals surface area (Å²) < 4.78 is 3.18. The van der Waals surface area contributed by atoms with Crippen LogP contribution >= 0.6 is 11.6 Å². The molecular weight excluding hydrogens is 340 g/mol. The van der Waals surface area contributed by atoms with Crippen molar-refractivity contribution in [3.05, 3.63) is 46.1 Å². The molecule has 0 saturated carbocycles. The van der Waals surface area contributed by atoms with Crippen LogP contribution in [0.15, 0.2) is 35.4 Å². The third-order valence-electron chi connectivity index (χ3n) is 4.76. The first-order valence-corrected chi connectivity index (χ1v) is 8.56. The predicted molar refractivity (Wildman–Crippen MR) is 99.6 cm³/mol. The van der Waals surface area contributed by atoms with Gasteiger partial charge >= 0.3 is 5.69 Å². The number of piperazine rings is 1. The number of benzene rings is 1. The molecule has 7 nitrogen and oxygen atoms in total. The van der Waals surface area contributed by atoms with Crippen LogP contribution in [0.2, 0.25) is 5.02 Å². The third kappa shape index (κ3) is 2.64. The molecule has 0 unspecified atom stereocenters. The molecule has 0 radical (unpaired) electrons. The molecule has 0 aliphatic carbocycles. The molecule has 0 atom stereocenters. The van der Waals surface area contributed by atoms with Crippen LogP contribution in [0.5, 0.6) is 0 Å². The first kappa shape index (κ1) is 16.0. The fraction of sp³-hybridized carbons (Fsp3) is 0.353. The summed E-state index contributed by atoms with van der Waals surface area (Å²) in [6.45, 7) is 3.38. The van der Waals surface area contributed by atoms with E-state index >= 15 is 0 Å². The lowest BCUT2D eigenvalue weighted by molar-refractivity contribution is 0.647. The van der Waals surface area contributed by atoms with Crippen LogP contribution < -0.4 is 15.5 Å². The predicted octanol–water partition coefficient (Wildman–Crippen LogP) is 1.65. The quantitative estimate of drug-likeness (QED) is 0.697. The topological polar surface area (TPSA) is 59.2 Å². The SMILES string of the molecule is Cn1c(=O)n(C)c2c(N3CCN(c4cccc(Cl)c4)CC3)ncnc21. The molecule has 0 spiro atoms. The number of hydrogen-bond acceptors (Lipinski definition) is 5. The van der Waals surface area contributed by atoms with Gasteiger partial charge in [0.1, 0.15) is 11.8 Å². The number of rotatable bonds is 2. The van der Waals surface area contributed by atoms with Crippen molar-refractivity contribution >= 4 is 34.3 Å². The molecule has 1 aliphatic rings. The smallest absolute Gasteiger partial charge is 0.329 e. The Morgan fingerprint density at radius 3 is 2.44 bits per heavy atom. The monoisotopic (exact) mass is 358 g/mol. The molecule has 4 rings (SSSR count). The Morgan fingerprint density at radius 1 is 1.00 bits per heavy atom. The number of hydrogen-bond donors (Lipinski definition) is 0. The van der Waals surface area contributed by atoms with Gasteiger partial charge in [-0.2, -0.15) is 0 Å². The first-order chi connectivity index (χ1) is 12.1. The average molecular weight is 359 g/mol. The highest BCUT2D eigenvalue weighted by atomic mass is 35.5. The summed E-state index contributed by atoms with van der Waals surface area (Å²) in [5, 5.41) is 0.747. The second-order valence-corrected chi connectivity index (χ2v) is 6.66. The van der Waals surface area contributed by atoms with Gasteiger partial charge in [0.2, 0.25) is 0 Å². The van der Waals surface area contributed by atoms with Crippen LogP contribution in [0.3, 0.4) is 0 Å². The lowest BCUT2D eigenvalue weighted by Gasteiger charge is -2.36. The molecule has 2 aromatic heterocycles. The zero-order valence-electron chi connectivity index (χ0n) is 14.2. The standard InChI is InChI=1S/C17H19ClN6O/c1-21-14-15(22(2)17(21)25)19-11-20-16(14)24-8-6-23(7-9-24)13-5-3-4-12(18)10-13/h3-5,10-11H,6-9H2,1-2H3. The van der Waals surface area contributed by atoms with E-state index in [1.165, 1.54) is 6.33 Å². The molecule has 1 fully saturated rings. The van der Waals surface area contributed by atoms with Gasteiger partial charge in [-0.3, -0.25) is 9.13 Å². The zero-order valence-corrected chi connectivity index (χ0v) is 14.9. The van der Waals surface area contributed by atoms with Gasteiger partial charge in [-0.05, 0) is 18.2 Å². The molecule has 0 N–H and O–H groups in total. The highest BCUT2D eigenvalue weighted by Crippen LogP contribution is 2.25. The number of halogens is 1. The van der Waals surface area contributed by atoms with E-state index in [1.54, 1.807) is 23.2 Å². The summed E-state index contributed by atoms with van der Waals surface area (Å²) in [5.74, 6) is 0.816. The van der Waals surface area contributed by atoms with Crippen molar-refractivity contribution in [1.29, 1.82) is 0 Å². The summed E-state index contributed by atoms with van der Waals surface area (Å²) in [5.41, 5.74) is 2.49. The van der Waals surface area contributed by atoms with Gasteiger partial charge in [0.25, 0.3) is 0 Å². The summed E-state index contributed by atoms with van der Waals surface area (Å²) in [6.07, 6.45) is 1.53. The number of imidazole rings is 1. The van der Waals surface area contributed by atoms with Crippen molar-refractivity contribution in [1.82, 2.24) is 19.1 Å². The molecule has 1 saturated heterocycles. The summed E-state index contributed by atoms with van der Waals surface area (Å²) in [4.78, 5) is 25.5. The minimum atomic E-state index is -0.0886. The van der Waals surface area contributed by atoms with Crippen LogP contribution in [0.4, 0.5) is 11.5 Å². The maximum atomic E-state index is 12.2. The molecule has 8 heteroatoms. The molecule has 0 amide bonds. The van der Waals surface area contributed by atoms with E-state index in [2.05, 4.69) is 25.8 Å². The number of nitrogens with zero attached hydrogens (tertiary/aromatic N) is 6. The Morgan fingerprint density at radius 2 is 1.72 bits per heavy atom. The van der Waals surface area contributed by atoms with E-state index in [0.29, 0.717) is 5.65 Å². The van der Waals surface area contributed by atoms with Crippen LogP contribution in [-0.4, -0.2) is 45.3 Å². The van der Waals surface area contributed by atoms with Crippen LogP contribution in [0, 0.1) is 0 Å². The summed E-state index contributed by atoms with van der Waals surface area (Å²) in [6, 6.07) is 7.92. The first-order valence-electron chi connectivity index (χ1n) is 8.18. The number of aromatic nitrogens is 4. The number of anilines is 2. The van der Waals surface area contributed by atoms with Crippen LogP contribution in [-0.2, 0) is 14.1 Å². The van der Waals surface area contributed by atoms with Crippen molar-refractivity contribution in [2.24, 2.45) is 14.1 Å². The Kier molecular flexibility index (Phi) is 3.88. The molecule has 3 aromatic rings. The maximum Gasteiger partial charge on any atom is 0.329 e. The van der Waals surface area contributed by atoms with Gasteiger partial charge < -0.3 is 9.80 Å². The minimum Gasteiger partial charge on any atom is -0.368 e. The fourth-order valence-electron chi connectivity index (χ4n) is 3.40. The summed E-state index contributed by atoms with van der Waals surface area (Å²) in [7, 11) is 3.50. The van der Waals surface area contributed by atoms with E-state index in [-0.39, 0.29) is 5.69 Å². The van der Waals surface area contributed by atoms with Gasteiger partial charge in [0.15, 0.2) is 11.5 Å². The Hall–Kier alpha value is -2.54. The number of fused-ring (bicyclic) bond motifs is 1. The molecule has 25 heavy (non-hydrogen) atoms. The second kappa shape index (κ2) is 6.07.